The summed E-state index contributed by atoms with van der Waals surface area (Å²) in [5.41, 5.74) is 23.0. The third-order valence-corrected chi connectivity index (χ3v) is 23.0. The van der Waals surface area contributed by atoms with Gasteiger partial charge in [0.15, 0.2) is 0 Å². The Balaban J connectivity index is 0.930. The van der Waals surface area contributed by atoms with E-state index >= 15 is 0 Å². The van der Waals surface area contributed by atoms with Crippen molar-refractivity contribution in [3.8, 4) is 57.1 Å². The number of fused-ring (bicyclic) bond motifs is 16. The smallest absolute Gasteiger partial charge is 0.252 e. The summed E-state index contributed by atoms with van der Waals surface area (Å²) in [5, 5.41) is 33.6. The predicted molar refractivity (Wildman–Crippen MR) is 456 cm³/mol. The van der Waals surface area contributed by atoms with E-state index in [1.165, 1.54) is 11.1 Å². The third kappa shape index (κ3) is 9.50. The van der Waals surface area contributed by atoms with Crippen LogP contribution in [-0.2, 0) is 10.8 Å². The van der Waals surface area contributed by atoms with Crippen LogP contribution in [0.25, 0.3) is 132 Å². The van der Waals surface area contributed by atoms with Crippen molar-refractivity contribution >= 4 is 144 Å². The Bertz CT molecular complexity index is 7310. The molecule has 0 unspecified atom stereocenters. The van der Waals surface area contributed by atoms with Gasteiger partial charge in [0.05, 0.1) is 79.4 Å². The van der Waals surface area contributed by atoms with E-state index in [9.17, 15) is 13.3 Å². The second-order valence-electron chi connectivity index (χ2n) is 31.1. The maximum atomic E-state index is 12.6. The number of nitrogens with zero attached hydrogens (tertiary/aromatic N) is 8. The molecule has 0 atom stereocenters. The lowest BCUT2D eigenvalue weighted by atomic mass is 9.33. The first-order valence-electron chi connectivity index (χ1n) is 39.7. The lowest BCUT2D eigenvalue weighted by Gasteiger charge is -2.45. The Labute approximate surface area is 639 Å². The molecule has 514 valence electrons. The second kappa shape index (κ2) is 23.8. The largest absolute Gasteiger partial charge is 0.310 e. The molecule has 2 aliphatic heterocycles. The van der Waals surface area contributed by atoms with E-state index in [1.807, 2.05) is 60.7 Å². The summed E-state index contributed by atoms with van der Waals surface area (Å²) in [6, 6.07) is 106. The van der Waals surface area contributed by atoms with E-state index in [4.69, 9.17) is 4.11 Å². The maximum Gasteiger partial charge on any atom is 0.252 e. The highest BCUT2D eigenvalue weighted by Crippen LogP contribution is 2.52. The molecule has 0 amide bonds. The lowest BCUT2D eigenvalue weighted by molar-refractivity contribution is 0.590. The first-order chi connectivity index (χ1) is 55.4. The molecule has 19 aromatic rings. The van der Waals surface area contributed by atoms with Crippen LogP contribution >= 0.6 is 0 Å². The minimum absolute atomic E-state index is 0.0473. The van der Waals surface area contributed by atoms with E-state index in [2.05, 4.69) is 312 Å². The van der Waals surface area contributed by atoms with Crippen LogP contribution < -0.4 is 26.2 Å². The van der Waals surface area contributed by atoms with Crippen LogP contribution in [0, 0.1) is 22.7 Å². The number of anilines is 6. The minimum atomic E-state index is -0.602. The van der Waals surface area contributed by atoms with Crippen molar-refractivity contribution in [1.82, 2.24) is 18.3 Å². The number of para-hydroxylation sites is 5. The molecule has 0 saturated carbocycles. The predicted octanol–water partition coefficient (Wildman–Crippen LogP) is 23.8. The van der Waals surface area contributed by atoms with Crippen LogP contribution in [0.4, 0.5) is 34.1 Å². The fourth-order valence-corrected chi connectivity index (χ4v) is 18.0. The van der Waals surface area contributed by atoms with E-state index in [1.54, 1.807) is 0 Å². The minimum Gasteiger partial charge on any atom is -0.310 e. The molecule has 109 heavy (non-hydrogen) atoms. The van der Waals surface area contributed by atoms with E-state index in [0.717, 1.165) is 137 Å². The standard InChI is InChI=1S/C100H71BN8/c1-99(2,3)66-45-51-92-76(55-66)77-56-67(100(4,5)6)46-52-93(77)104(92)68-47-49-81-95(57-68)109(90-42-24-40-88(79(90)61-103)107-85-37-21-15-31-72(85)73-32-16-22-38-86(73)107)97-59-69(105-82-34-18-17-33-74(82)75-53-64(44-50-91(75)105)62-25-9-7-10-26-62)58-96-98(97)101(81)80-48-43-65(63-27-11-8-12-28-63)54-94(80)108(96)89-41-23-39-87(78(89)60-102)106-83-35-19-13-29-70(83)71-30-14-20-36-84(71)106/h7-59H,1-6H3/i8D,11D,12D,27D,28D. The van der Waals surface area contributed by atoms with E-state index in [0.29, 0.717) is 50.8 Å². The fourth-order valence-electron chi connectivity index (χ4n) is 18.0. The normalized spacial score (nSPS) is 13.4. The summed E-state index contributed by atoms with van der Waals surface area (Å²) in [6.07, 6.45) is 0. The summed E-state index contributed by atoms with van der Waals surface area (Å²) >= 11 is 0. The zero-order chi connectivity index (χ0) is 77.6. The van der Waals surface area contributed by atoms with Crippen LogP contribution in [0.3, 0.4) is 0 Å². The highest BCUT2D eigenvalue weighted by Gasteiger charge is 2.46. The van der Waals surface area contributed by atoms with Gasteiger partial charge in [0.1, 0.15) is 23.3 Å². The van der Waals surface area contributed by atoms with Crippen LogP contribution in [0.5, 0.6) is 0 Å². The summed E-state index contributed by atoms with van der Waals surface area (Å²) in [4.78, 5) is 4.53. The third-order valence-electron chi connectivity index (χ3n) is 23.0. The zero-order valence-electron chi connectivity index (χ0n) is 65.9. The first-order valence-corrected chi connectivity index (χ1v) is 37.2. The number of hydrogen-bond acceptors (Lipinski definition) is 4. The molecule has 8 nitrogen and oxygen atoms in total. The van der Waals surface area contributed by atoms with E-state index < -0.39 is 24.8 Å². The zero-order valence-corrected chi connectivity index (χ0v) is 60.9. The van der Waals surface area contributed by atoms with Gasteiger partial charge in [-0.25, -0.2) is 0 Å². The van der Waals surface area contributed by atoms with Gasteiger partial charge in [0.25, 0.3) is 6.71 Å². The Morgan fingerprint density at radius 2 is 0.661 bits per heavy atom. The van der Waals surface area contributed by atoms with Gasteiger partial charge in [0.2, 0.25) is 0 Å². The van der Waals surface area contributed by atoms with Gasteiger partial charge in [-0.3, -0.25) is 0 Å². The Morgan fingerprint density at radius 1 is 0.284 bits per heavy atom. The van der Waals surface area contributed by atoms with Gasteiger partial charge < -0.3 is 28.1 Å². The highest BCUT2D eigenvalue weighted by molar-refractivity contribution is 7.00. The summed E-state index contributed by atoms with van der Waals surface area (Å²) in [6.45, 7) is 13.0. The summed E-state index contributed by atoms with van der Waals surface area (Å²) in [5.74, 6) is 0. The number of benzene rings is 15. The quantitative estimate of drug-likeness (QED) is 0.142. The van der Waals surface area contributed by atoms with Crippen molar-refractivity contribution in [2.45, 2.75) is 52.4 Å². The van der Waals surface area contributed by atoms with Crippen LogP contribution in [0.15, 0.2) is 321 Å². The average molecular weight is 1400 g/mol. The van der Waals surface area contributed by atoms with Crippen molar-refractivity contribution in [2.24, 2.45) is 0 Å². The maximum absolute atomic E-state index is 12.6. The molecule has 21 rings (SSSR count). The van der Waals surface area contributed by atoms with Gasteiger partial charge in [-0.05, 0) is 182 Å². The molecule has 0 saturated heterocycles. The van der Waals surface area contributed by atoms with Crippen LogP contribution in [0.2, 0.25) is 0 Å². The highest BCUT2D eigenvalue weighted by atomic mass is 15.2. The molecule has 0 spiro atoms. The Hall–Kier alpha value is -13.9. The van der Waals surface area contributed by atoms with Crippen molar-refractivity contribution in [2.75, 3.05) is 9.80 Å². The molecule has 0 aliphatic carbocycles. The number of rotatable bonds is 8. The van der Waals surface area contributed by atoms with Crippen LogP contribution in [-0.4, -0.2) is 25.0 Å². The fraction of sp³-hybridized carbons (Fsp3) is 0.0800. The first kappa shape index (κ1) is 58.4. The van der Waals surface area contributed by atoms with Gasteiger partial charge in [-0.2, -0.15) is 10.5 Å². The van der Waals surface area contributed by atoms with Gasteiger partial charge >= 0.3 is 0 Å². The van der Waals surface area contributed by atoms with E-state index in [-0.39, 0.29) is 28.5 Å². The number of nitriles is 2. The molecule has 0 fully saturated rings. The Morgan fingerprint density at radius 3 is 1.15 bits per heavy atom. The molecule has 9 heteroatoms. The van der Waals surface area contributed by atoms with Crippen molar-refractivity contribution in [3.05, 3.63) is 344 Å². The van der Waals surface area contributed by atoms with Gasteiger partial charge in [-0.1, -0.05) is 242 Å². The molecule has 4 aromatic heterocycles. The Kier molecular flexibility index (Phi) is 12.8. The topological polar surface area (TPSA) is 73.8 Å². The molecular formula is C100H71BN8. The number of aromatic nitrogens is 4. The number of hydrogen-bond donors (Lipinski definition) is 0. The molecule has 0 radical (unpaired) electrons. The lowest BCUT2D eigenvalue weighted by Crippen LogP contribution is -2.61. The summed E-state index contributed by atoms with van der Waals surface area (Å²) < 4.78 is 55.5. The van der Waals surface area contributed by atoms with Crippen molar-refractivity contribution < 1.29 is 6.85 Å². The molecule has 2 aliphatic rings. The van der Waals surface area contributed by atoms with Crippen molar-refractivity contribution in [3.63, 3.8) is 0 Å². The molecule has 0 N–H and O–H groups in total. The molecule has 6 heterocycles. The summed E-state index contributed by atoms with van der Waals surface area (Å²) in [7, 11) is 0. The van der Waals surface area contributed by atoms with Crippen LogP contribution in [0.1, 0.15) is 70.7 Å². The second-order valence-corrected chi connectivity index (χ2v) is 31.1. The SMILES string of the molecule is [2H]c1c([2H])c([2H])c(-c2ccc3c(c2)N(c2cccc(-n4c5ccccc5c5ccccc54)c2C#N)c2cc(-n4c5ccccc5c5cc(-c6ccccc6)ccc54)cc4c2B3c2ccc(-n3c5ccc(C(C)(C)C)cc5c5cc(C(C)(C)C)ccc53)cc2N4c2cccc(-n3c4ccccc4c4ccccc43)c2C#N)c([2H])c1[2H]. The monoisotopic (exact) mass is 1400 g/mol. The van der Waals surface area contributed by atoms with Crippen molar-refractivity contribution in [1.29, 1.82) is 10.5 Å². The average Bonchev–Trinajstić information content (AvgIpc) is 0.743. The molecular weight excluding hydrogens is 1320 g/mol. The van der Waals surface area contributed by atoms with Gasteiger partial charge in [0, 0.05) is 71.5 Å². The molecule has 15 aromatic carbocycles. The van der Waals surface area contributed by atoms with Gasteiger partial charge in [-0.15, -0.1) is 0 Å². The molecule has 0 bridgehead atoms.